The number of carbonyl (C=O) groups excluding carboxylic acids is 3. The molecule has 0 spiro atoms. The van der Waals surface area contributed by atoms with Gasteiger partial charge >= 0.3 is 5.97 Å². The quantitative estimate of drug-likeness (QED) is 0.0563. The van der Waals surface area contributed by atoms with Crippen LogP contribution in [-0.4, -0.2) is 59.2 Å². The van der Waals surface area contributed by atoms with Crippen LogP contribution in [0.1, 0.15) is 53.1 Å². The Morgan fingerprint density at radius 1 is 1.04 bits per heavy atom. The monoisotopic (exact) mass is 621 g/mol. The van der Waals surface area contributed by atoms with E-state index in [1.807, 2.05) is 56.3 Å². The average Bonchev–Trinajstić information content (AvgIpc) is 3.77. The van der Waals surface area contributed by atoms with Gasteiger partial charge < -0.3 is 25.7 Å². The zero-order chi connectivity index (χ0) is 32.7. The van der Waals surface area contributed by atoms with Crippen LogP contribution < -0.4 is 21.3 Å². The smallest absolute Gasteiger partial charge is 0.319 e. The number of aryl methyl sites for hydroxylation is 1. The molecule has 4 aromatic rings. The van der Waals surface area contributed by atoms with E-state index in [-0.39, 0.29) is 24.1 Å². The summed E-state index contributed by atoms with van der Waals surface area (Å²) in [5.74, 6) is -0.128. The lowest BCUT2D eigenvalue weighted by molar-refractivity contribution is -0.143. The van der Waals surface area contributed by atoms with Crippen molar-refractivity contribution in [3.8, 4) is 0 Å². The second-order valence-corrected chi connectivity index (χ2v) is 11.3. The molecule has 0 saturated carbocycles. The van der Waals surface area contributed by atoms with Gasteiger partial charge in [0.2, 0.25) is 0 Å². The predicted octanol–water partition coefficient (Wildman–Crippen LogP) is 4.09. The molecular formula is C35H39N7O4. The number of aromatic amines is 1. The number of fused-ring (bicyclic) bond motifs is 1. The summed E-state index contributed by atoms with van der Waals surface area (Å²) in [5, 5.41) is 20.6. The molecule has 0 bridgehead atoms. The van der Waals surface area contributed by atoms with Gasteiger partial charge in [-0.15, -0.1) is 0 Å². The van der Waals surface area contributed by atoms with Crippen molar-refractivity contribution in [3.05, 3.63) is 107 Å². The zero-order valence-corrected chi connectivity index (χ0v) is 26.2. The predicted molar refractivity (Wildman–Crippen MR) is 178 cm³/mol. The van der Waals surface area contributed by atoms with Gasteiger partial charge in [0.25, 0.3) is 5.91 Å². The minimum Gasteiger partial charge on any atom is -0.465 e. The molecule has 0 aliphatic carbocycles. The number of rotatable bonds is 13. The topological polar surface area (TPSA) is 161 Å². The number of amidine groups is 1. The number of ether oxygens (including phenoxy) is 1. The van der Waals surface area contributed by atoms with Gasteiger partial charge in [-0.2, -0.15) is 0 Å². The number of H-pyrrole nitrogens is 1. The Bertz CT molecular complexity index is 1770. The molecule has 2 atom stereocenters. The number of nitrogens with zero attached hydrogens (tertiary/aromatic N) is 1. The molecule has 46 heavy (non-hydrogen) atoms. The maximum absolute atomic E-state index is 13.8. The summed E-state index contributed by atoms with van der Waals surface area (Å²) in [6, 6.07) is 19.3. The van der Waals surface area contributed by atoms with Crippen molar-refractivity contribution in [2.24, 2.45) is 0 Å². The highest BCUT2D eigenvalue weighted by Crippen LogP contribution is 2.31. The lowest BCUT2D eigenvalue weighted by Crippen LogP contribution is -2.54. The number of hydrogen-bond donors (Lipinski definition) is 6. The van der Waals surface area contributed by atoms with Gasteiger partial charge in [0.05, 0.1) is 36.8 Å². The fourth-order valence-electron chi connectivity index (χ4n) is 5.47. The number of esters is 1. The molecule has 1 aliphatic heterocycles. The molecule has 6 N–H and O–H groups in total. The van der Waals surface area contributed by atoms with Gasteiger partial charge in [-0.1, -0.05) is 43.3 Å². The van der Waals surface area contributed by atoms with Gasteiger partial charge in [0.1, 0.15) is 17.2 Å². The van der Waals surface area contributed by atoms with Gasteiger partial charge in [0.15, 0.2) is 5.78 Å². The molecule has 0 saturated heterocycles. The molecule has 1 unspecified atom stereocenters. The number of imidazole rings is 1. The van der Waals surface area contributed by atoms with E-state index < -0.39 is 17.6 Å². The third kappa shape index (κ3) is 7.22. The summed E-state index contributed by atoms with van der Waals surface area (Å²) < 4.78 is 5.25. The highest BCUT2D eigenvalue weighted by Gasteiger charge is 2.41. The lowest BCUT2D eigenvalue weighted by Gasteiger charge is -2.33. The number of Topliss-reactive ketones (excluding diaryl/α,β-unsaturated/α-hetero) is 1. The molecule has 3 aromatic carbocycles. The molecule has 1 aliphatic rings. The van der Waals surface area contributed by atoms with Crippen LogP contribution in [0.5, 0.6) is 0 Å². The number of amides is 1. The highest BCUT2D eigenvalue weighted by atomic mass is 16.5. The van der Waals surface area contributed by atoms with E-state index in [1.54, 1.807) is 43.3 Å². The first-order valence-corrected chi connectivity index (χ1v) is 15.3. The number of carbonyl (C=O) groups is 3. The van der Waals surface area contributed by atoms with E-state index >= 15 is 0 Å². The summed E-state index contributed by atoms with van der Waals surface area (Å²) in [6.07, 6.45) is 4.48. The Labute approximate surface area is 267 Å². The van der Waals surface area contributed by atoms with Gasteiger partial charge in [-0.05, 0) is 73.9 Å². The van der Waals surface area contributed by atoms with Crippen LogP contribution in [0.25, 0.3) is 11.0 Å². The number of hydrogen-bond acceptors (Lipinski definition) is 9. The third-order valence-electron chi connectivity index (χ3n) is 8.02. The Balaban J connectivity index is 1.29. The van der Waals surface area contributed by atoms with Crippen molar-refractivity contribution in [1.29, 1.82) is 5.41 Å². The molecule has 0 radical (unpaired) electrons. The number of aromatic nitrogens is 2. The fraction of sp³-hybridized carbons (Fsp3) is 0.286. The first-order chi connectivity index (χ1) is 22.2. The summed E-state index contributed by atoms with van der Waals surface area (Å²) in [7, 11) is 0. The van der Waals surface area contributed by atoms with Gasteiger partial charge in [0, 0.05) is 23.4 Å². The van der Waals surface area contributed by atoms with E-state index in [0.717, 1.165) is 34.3 Å². The average molecular weight is 622 g/mol. The minimum atomic E-state index is -1.18. The maximum Gasteiger partial charge on any atom is 0.319 e. The van der Waals surface area contributed by atoms with Crippen molar-refractivity contribution >= 4 is 40.2 Å². The van der Waals surface area contributed by atoms with Crippen LogP contribution in [0.3, 0.4) is 0 Å². The fourth-order valence-corrected chi connectivity index (χ4v) is 5.47. The van der Waals surface area contributed by atoms with Crippen LogP contribution in [0.4, 0.5) is 5.69 Å². The van der Waals surface area contributed by atoms with Crippen molar-refractivity contribution in [3.63, 3.8) is 0 Å². The Morgan fingerprint density at radius 2 is 1.80 bits per heavy atom. The van der Waals surface area contributed by atoms with E-state index in [2.05, 4.69) is 26.3 Å². The second-order valence-electron chi connectivity index (χ2n) is 11.3. The molecule has 11 heteroatoms. The summed E-state index contributed by atoms with van der Waals surface area (Å²) in [6.45, 7) is 6.89. The number of anilines is 1. The summed E-state index contributed by atoms with van der Waals surface area (Å²) in [5.41, 5.74) is 3.83. The number of nitrogens with one attached hydrogen (secondary N) is 6. The van der Waals surface area contributed by atoms with Gasteiger partial charge in [-0.25, -0.2) is 4.98 Å². The van der Waals surface area contributed by atoms with Crippen molar-refractivity contribution < 1.29 is 19.1 Å². The SMILES string of the molecule is CCCOC(=O)CN[C@@](C)(C(=O)C1C=CCN1)c1ccc2[nH]c(CNc3ccc(C(=N)NC(=O)c4ccccc4)cc3)nc2c1C. The summed E-state index contributed by atoms with van der Waals surface area (Å²) >= 11 is 0. The zero-order valence-electron chi connectivity index (χ0n) is 26.2. The molecular weight excluding hydrogens is 582 g/mol. The van der Waals surface area contributed by atoms with Crippen LogP contribution in [0.2, 0.25) is 0 Å². The Kier molecular flexibility index (Phi) is 10.0. The largest absolute Gasteiger partial charge is 0.465 e. The Morgan fingerprint density at radius 3 is 2.50 bits per heavy atom. The molecule has 238 valence electrons. The van der Waals surface area contributed by atoms with Crippen molar-refractivity contribution in [2.45, 2.75) is 45.3 Å². The molecule has 2 heterocycles. The normalized spacial score (nSPS) is 15.3. The maximum atomic E-state index is 13.8. The van der Waals surface area contributed by atoms with Crippen LogP contribution >= 0.6 is 0 Å². The van der Waals surface area contributed by atoms with E-state index in [4.69, 9.17) is 15.1 Å². The highest BCUT2D eigenvalue weighted by molar-refractivity contribution is 6.11. The van der Waals surface area contributed by atoms with Crippen LogP contribution in [0.15, 0.2) is 78.9 Å². The molecule has 11 nitrogen and oxygen atoms in total. The van der Waals surface area contributed by atoms with Crippen molar-refractivity contribution in [1.82, 2.24) is 25.9 Å². The number of benzene rings is 3. The lowest BCUT2D eigenvalue weighted by atomic mass is 9.81. The third-order valence-corrected chi connectivity index (χ3v) is 8.02. The van der Waals surface area contributed by atoms with Gasteiger partial charge in [-0.3, -0.25) is 25.1 Å². The first kappa shape index (κ1) is 32.3. The number of ketones is 1. The Hall–Kier alpha value is -5.13. The van der Waals surface area contributed by atoms with E-state index in [0.29, 0.717) is 36.6 Å². The minimum absolute atomic E-state index is 0.0153. The van der Waals surface area contributed by atoms with Crippen molar-refractivity contribution in [2.75, 3.05) is 25.0 Å². The first-order valence-electron chi connectivity index (χ1n) is 15.3. The molecule has 5 rings (SSSR count). The second kappa shape index (κ2) is 14.3. The molecule has 1 amide bonds. The van der Waals surface area contributed by atoms with E-state index in [9.17, 15) is 14.4 Å². The van der Waals surface area contributed by atoms with Crippen LogP contribution in [-0.2, 0) is 26.4 Å². The summed E-state index contributed by atoms with van der Waals surface area (Å²) in [4.78, 5) is 46.8. The standard InChI is InChI=1S/C35H39N7O4/c1-4-19-46-30(43)21-39-35(3,32(44)28-11-8-18-37-28)26-16-17-27-31(22(26)2)41-29(40-27)20-38-25-14-12-23(13-15-25)33(36)42-34(45)24-9-6-5-7-10-24/h5-17,28,37-39H,4,18-21H2,1-3H3,(H,40,41)(H2,36,42,45)/t28?,35-/m1/s1. The molecule has 0 fully saturated rings. The van der Waals surface area contributed by atoms with Crippen LogP contribution in [0, 0.1) is 12.3 Å². The van der Waals surface area contributed by atoms with E-state index in [1.165, 1.54) is 0 Å². The molecule has 1 aromatic heterocycles.